The topological polar surface area (TPSA) is 90.7 Å². The number of hydrogen-bond donors (Lipinski definition) is 1. The summed E-state index contributed by atoms with van der Waals surface area (Å²) >= 11 is 0. The number of nitrogens with one attached hydrogen (secondary N) is 1. The molecule has 2 aromatic rings. The predicted octanol–water partition coefficient (Wildman–Crippen LogP) is 3.63. The summed E-state index contributed by atoms with van der Waals surface area (Å²) in [6, 6.07) is 9.67. The van der Waals surface area contributed by atoms with Crippen LogP contribution < -0.4 is 14.8 Å². The van der Waals surface area contributed by atoms with Crippen LogP contribution in [0.5, 0.6) is 11.5 Å². The maximum atomic E-state index is 12.4. The van der Waals surface area contributed by atoms with Gasteiger partial charge in [-0.15, -0.1) is 0 Å². The second kappa shape index (κ2) is 7.65. The lowest BCUT2D eigenvalue weighted by Gasteiger charge is -2.17. The van der Waals surface area contributed by atoms with Gasteiger partial charge in [0.1, 0.15) is 0 Å². The lowest BCUT2D eigenvalue weighted by molar-refractivity contribution is -0.385. The number of carbonyl (C=O) groups excluding carboxylic acids is 1. The van der Waals surface area contributed by atoms with E-state index < -0.39 is 11.0 Å². The molecule has 1 N–H and O–H groups in total. The van der Waals surface area contributed by atoms with Gasteiger partial charge in [0.2, 0.25) is 0 Å². The van der Waals surface area contributed by atoms with Crippen molar-refractivity contribution in [2.75, 3.05) is 12.4 Å². The number of rotatable bonds is 6. The van der Waals surface area contributed by atoms with Crippen molar-refractivity contribution >= 4 is 17.3 Å². The quantitative estimate of drug-likeness (QED) is 0.638. The fraction of sp³-hybridized carbons (Fsp3) is 0.278. The lowest BCUT2D eigenvalue weighted by Crippen LogP contribution is -2.30. The molecule has 0 unspecified atom stereocenters. The Hall–Kier alpha value is -3.09. The smallest absolute Gasteiger partial charge is 0.273 e. The summed E-state index contributed by atoms with van der Waals surface area (Å²) in [5, 5.41) is 13.7. The van der Waals surface area contributed by atoms with E-state index in [0.29, 0.717) is 11.4 Å². The van der Waals surface area contributed by atoms with E-state index in [1.807, 2.05) is 32.0 Å². The first-order valence-corrected chi connectivity index (χ1v) is 7.69. The van der Waals surface area contributed by atoms with Gasteiger partial charge in [0.15, 0.2) is 17.6 Å². The van der Waals surface area contributed by atoms with Crippen LogP contribution in [-0.4, -0.2) is 24.0 Å². The number of nitro groups is 1. The van der Waals surface area contributed by atoms with Crippen molar-refractivity contribution in [2.24, 2.45) is 0 Å². The maximum Gasteiger partial charge on any atom is 0.273 e. The number of hydrogen-bond acceptors (Lipinski definition) is 5. The molecule has 2 aromatic carbocycles. The molecule has 25 heavy (non-hydrogen) atoms. The minimum Gasteiger partial charge on any atom is -0.493 e. The van der Waals surface area contributed by atoms with Crippen LogP contribution in [0.2, 0.25) is 0 Å². The first-order chi connectivity index (χ1) is 11.8. The van der Waals surface area contributed by atoms with Gasteiger partial charge in [-0.3, -0.25) is 14.9 Å². The van der Waals surface area contributed by atoms with E-state index in [9.17, 15) is 14.9 Å². The summed E-state index contributed by atoms with van der Waals surface area (Å²) in [7, 11) is 1.43. The molecule has 0 bridgehead atoms. The van der Waals surface area contributed by atoms with Crippen molar-refractivity contribution in [1.82, 2.24) is 0 Å². The number of nitro benzene ring substituents is 1. The van der Waals surface area contributed by atoms with E-state index in [1.165, 1.54) is 25.3 Å². The van der Waals surface area contributed by atoms with Crippen molar-refractivity contribution in [2.45, 2.75) is 26.9 Å². The van der Waals surface area contributed by atoms with Crippen LogP contribution in [0.1, 0.15) is 18.1 Å². The first kappa shape index (κ1) is 18.3. The molecule has 7 heteroatoms. The highest BCUT2D eigenvalue weighted by Crippen LogP contribution is 2.32. The Morgan fingerprint density at radius 3 is 2.48 bits per heavy atom. The number of non-ortho nitro benzene ring substituents is 1. The third kappa shape index (κ3) is 4.47. The normalized spacial score (nSPS) is 11.5. The molecular weight excluding hydrogens is 324 g/mol. The molecule has 0 aliphatic carbocycles. The van der Waals surface area contributed by atoms with Crippen LogP contribution in [0.4, 0.5) is 11.4 Å². The summed E-state index contributed by atoms with van der Waals surface area (Å²) in [5.74, 6) is 0.0947. The van der Waals surface area contributed by atoms with Gasteiger partial charge in [-0.1, -0.05) is 17.7 Å². The number of methoxy groups -OCH3 is 1. The van der Waals surface area contributed by atoms with Gasteiger partial charge in [0.25, 0.3) is 11.6 Å². The van der Waals surface area contributed by atoms with Gasteiger partial charge in [-0.05, 0) is 38.5 Å². The molecule has 0 saturated heterocycles. The molecule has 1 amide bonds. The van der Waals surface area contributed by atoms with Gasteiger partial charge < -0.3 is 14.8 Å². The molecule has 0 aliphatic heterocycles. The van der Waals surface area contributed by atoms with Gasteiger partial charge in [0, 0.05) is 11.8 Å². The molecule has 2 rings (SSSR count). The fourth-order valence-electron chi connectivity index (χ4n) is 2.30. The second-order valence-electron chi connectivity index (χ2n) is 5.66. The Bertz CT molecular complexity index is 804. The van der Waals surface area contributed by atoms with Gasteiger partial charge in [0.05, 0.1) is 18.1 Å². The first-order valence-electron chi connectivity index (χ1n) is 7.69. The fourth-order valence-corrected chi connectivity index (χ4v) is 2.30. The number of benzene rings is 2. The number of amides is 1. The SMILES string of the molecule is COc1ccc([N+](=O)[O-])cc1O[C@H](C)C(=O)Nc1ccc(C)cc1C. The number of carbonyl (C=O) groups is 1. The Labute approximate surface area is 145 Å². The molecule has 7 nitrogen and oxygen atoms in total. The molecule has 0 spiro atoms. The third-order valence-electron chi connectivity index (χ3n) is 3.67. The highest BCUT2D eigenvalue weighted by molar-refractivity contribution is 5.94. The van der Waals surface area contributed by atoms with Gasteiger partial charge in [-0.25, -0.2) is 0 Å². The molecule has 0 saturated carbocycles. The average Bonchev–Trinajstić information content (AvgIpc) is 2.57. The Kier molecular flexibility index (Phi) is 5.59. The van der Waals surface area contributed by atoms with E-state index >= 15 is 0 Å². The molecule has 0 radical (unpaired) electrons. The Morgan fingerprint density at radius 2 is 1.88 bits per heavy atom. The maximum absolute atomic E-state index is 12.4. The zero-order chi connectivity index (χ0) is 18.6. The zero-order valence-electron chi connectivity index (χ0n) is 14.5. The number of nitrogens with zero attached hydrogens (tertiary/aromatic N) is 1. The monoisotopic (exact) mass is 344 g/mol. The molecule has 132 valence electrons. The van der Waals surface area contributed by atoms with E-state index in [-0.39, 0.29) is 17.3 Å². The van der Waals surface area contributed by atoms with Gasteiger partial charge >= 0.3 is 0 Å². The van der Waals surface area contributed by atoms with Crippen molar-refractivity contribution < 1.29 is 19.2 Å². The second-order valence-corrected chi connectivity index (χ2v) is 5.66. The molecule has 0 fully saturated rings. The van der Waals surface area contributed by atoms with E-state index in [4.69, 9.17) is 9.47 Å². The number of ether oxygens (including phenoxy) is 2. The predicted molar refractivity (Wildman–Crippen MR) is 94.3 cm³/mol. The van der Waals surface area contributed by atoms with E-state index in [2.05, 4.69) is 5.32 Å². The molecular formula is C18H20N2O5. The van der Waals surface area contributed by atoms with Crippen LogP contribution in [-0.2, 0) is 4.79 Å². The van der Waals surface area contributed by atoms with Gasteiger partial charge in [-0.2, -0.15) is 0 Å². The lowest BCUT2D eigenvalue weighted by atomic mass is 10.1. The minimum absolute atomic E-state index is 0.139. The summed E-state index contributed by atoms with van der Waals surface area (Å²) < 4.78 is 10.7. The van der Waals surface area contributed by atoms with Crippen LogP contribution in [0, 0.1) is 24.0 Å². The Morgan fingerprint density at radius 1 is 1.16 bits per heavy atom. The molecule has 0 heterocycles. The highest BCUT2D eigenvalue weighted by Gasteiger charge is 2.20. The van der Waals surface area contributed by atoms with E-state index in [0.717, 1.165) is 11.1 Å². The minimum atomic E-state index is -0.864. The highest BCUT2D eigenvalue weighted by atomic mass is 16.6. The Balaban J connectivity index is 2.15. The summed E-state index contributed by atoms with van der Waals surface area (Å²) in [6.45, 7) is 5.44. The summed E-state index contributed by atoms with van der Waals surface area (Å²) in [6.07, 6.45) is -0.864. The van der Waals surface area contributed by atoms with Crippen LogP contribution in [0.15, 0.2) is 36.4 Å². The molecule has 1 atom stereocenters. The van der Waals surface area contributed by atoms with Crippen molar-refractivity contribution in [3.8, 4) is 11.5 Å². The molecule has 0 aliphatic rings. The third-order valence-corrected chi connectivity index (χ3v) is 3.67. The number of aryl methyl sites for hydroxylation is 2. The van der Waals surface area contributed by atoms with Crippen LogP contribution in [0.25, 0.3) is 0 Å². The van der Waals surface area contributed by atoms with Crippen molar-refractivity contribution in [3.05, 3.63) is 57.6 Å². The number of anilines is 1. The van der Waals surface area contributed by atoms with Crippen LogP contribution >= 0.6 is 0 Å². The largest absolute Gasteiger partial charge is 0.493 e. The van der Waals surface area contributed by atoms with Crippen molar-refractivity contribution in [1.29, 1.82) is 0 Å². The van der Waals surface area contributed by atoms with Crippen molar-refractivity contribution in [3.63, 3.8) is 0 Å². The van der Waals surface area contributed by atoms with E-state index in [1.54, 1.807) is 6.92 Å². The average molecular weight is 344 g/mol. The summed E-state index contributed by atoms with van der Waals surface area (Å²) in [5.41, 5.74) is 2.59. The zero-order valence-corrected chi connectivity index (χ0v) is 14.5. The van der Waals surface area contributed by atoms with Crippen LogP contribution in [0.3, 0.4) is 0 Å². The molecule has 0 aromatic heterocycles. The standard InChI is InChI=1S/C18H20N2O5/c1-11-5-7-15(12(2)9-11)19-18(21)13(3)25-17-10-14(20(22)23)6-8-16(17)24-4/h5-10,13H,1-4H3,(H,19,21)/t13-/m1/s1. The summed E-state index contributed by atoms with van der Waals surface area (Å²) in [4.78, 5) is 22.7.